The van der Waals surface area contributed by atoms with Crippen LogP contribution in [-0.2, 0) is 13.0 Å². The summed E-state index contributed by atoms with van der Waals surface area (Å²) in [6, 6.07) is 7.95. The highest BCUT2D eigenvalue weighted by molar-refractivity contribution is 7.09. The van der Waals surface area contributed by atoms with Gasteiger partial charge in [0.2, 0.25) is 0 Å². The van der Waals surface area contributed by atoms with Crippen molar-refractivity contribution >= 4 is 17.3 Å². The predicted molar refractivity (Wildman–Crippen MR) is 96.4 cm³/mol. The fourth-order valence-electron chi connectivity index (χ4n) is 2.17. The van der Waals surface area contributed by atoms with Gasteiger partial charge in [0.05, 0.1) is 24.4 Å². The lowest BCUT2D eigenvalue weighted by Crippen LogP contribution is -2.38. The summed E-state index contributed by atoms with van der Waals surface area (Å²) >= 11 is 1.69. The third-order valence-electron chi connectivity index (χ3n) is 3.28. The molecule has 2 rings (SSSR count). The molecular weight excluding hydrogens is 308 g/mol. The number of hydrogen-bond donors (Lipinski definition) is 2. The second-order valence-electron chi connectivity index (χ2n) is 5.04. The molecule has 1 aromatic heterocycles. The number of aryl methyl sites for hydroxylation is 1. The topological polar surface area (TPSA) is 58.5 Å². The number of nitrogens with one attached hydrogen (secondary N) is 2. The summed E-state index contributed by atoms with van der Waals surface area (Å²) < 4.78 is 5.36. The maximum Gasteiger partial charge on any atom is 0.191 e. The van der Waals surface area contributed by atoms with Crippen molar-refractivity contribution in [3.8, 4) is 5.75 Å². The predicted octanol–water partition coefficient (Wildman–Crippen LogP) is 2.76. The van der Waals surface area contributed by atoms with E-state index in [4.69, 9.17) is 4.74 Å². The first-order chi connectivity index (χ1) is 11.2. The highest BCUT2D eigenvalue weighted by atomic mass is 32.1. The fraction of sp³-hybridized carbons (Fsp3) is 0.412. The van der Waals surface area contributed by atoms with Gasteiger partial charge in [0, 0.05) is 30.5 Å². The summed E-state index contributed by atoms with van der Waals surface area (Å²) in [5.41, 5.74) is 2.20. The molecule has 0 amide bonds. The van der Waals surface area contributed by atoms with Crippen LogP contribution in [0, 0.1) is 6.92 Å². The van der Waals surface area contributed by atoms with Crippen molar-refractivity contribution in [1.82, 2.24) is 15.6 Å². The Balaban J connectivity index is 1.91. The first-order valence-corrected chi connectivity index (χ1v) is 8.66. The van der Waals surface area contributed by atoms with Gasteiger partial charge in [-0.25, -0.2) is 9.98 Å². The third kappa shape index (κ3) is 5.56. The molecule has 0 fully saturated rings. The van der Waals surface area contributed by atoms with Crippen molar-refractivity contribution in [2.45, 2.75) is 26.8 Å². The lowest BCUT2D eigenvalue weighted by atomic mass is 10.2. The molecule has 0 unspecified atom stereocenters. The van der Waals surface area contributed by atoms with Gasteiger partial charge in [-0.2, -0.15) is 0 Å². The van der Waals surface area contributed by atoms with E-state index >= 15 is 0 Å². The van der Waals surface area contributed by atoms with E-state index in [1.165, 1.54) is 0 Å². The van der Waals surface area contributed by atoms with E-state index < -0.39 is 0 Å². The van der Waals surface area contributed by atoms with Gasteiger partial charge in [0.25, 0.3) is 0 Å². The molecule has 0 aliphatic carbocycles. The van der Waals surface area contributed by atoms with Crippen molar-refractivity contribution in [2.75, 3.05) is 20.2 Å². The van der Waals surface area contributed by atoms with Gasteiger partial charge in [-0.3, -0.25) is 0 Å². The Morgan fingerprint density at radius 3 is 2.83 bits per heavy atom. The molecule has 0 aliphatic heterocycles. The van der Waals surface area contributed by atoms with Crippen molar-refractivity contribution in [3.05, 3.63) is 45.9 Å². The summed E-state index contributed by atoms with van der Waals surface area (Å²) in [4.78, 5) is 9.10. The SMILES string of the molecule is CCNC(=NCc1ccccc1OC)NCCc1csc(C)n1. The van der Waals surface area contributed by atoms with Crippen LogP contribution < -0.4 is 15.4 Å². The second kappa shape index (κ2) is 9.15. The molecule has 2 N–H and O–H groups in total. The van der Waals surface area contributed by atoms with Gasteiger partial charge in [-0.15, -0.1) is 11.3 Å². The number of benzene rings is 1. The van der Waals surface area contributed by atoms with E-state index in [2.05, 4.69) is 32.9 Å². The maximum absolute atomic E-state index is 5.36. The minimum Gasteiger partial charge on any atom is -0.496 e. The minimum absolute atomic E-state index is 0.579. The Labute approximate surface area is 141 Å². The van der Waals surface area contributed by atoms with E-state index in [1.54, 1.807) is 18.4 Å². The molecule has 0 saturated heterocycles. The number of rotatable bonds is 7. The third-order valence-corrected chi connectivity index (χ3v) is 4.11. The summed E-state index contributed by atoms with van der Waals surface area (Å²) in [5, 5.41) is 9.83. The van der Waals surface area contributed by atoms with Gasteiger partial charge in [0.15, 0.2) is 5.96 Å². The van der Waals surface area contributed by atoms with Crippen LogP contribution in [0.3, 0.4) is 0 Å². The largest absolute Gasteiger partial charge is 0.496 e. The molecule has 0 atom stereocenters. The van der Waals surface area contributed by atoms with Gasteiger partial charge in [0.1, 0.15) is 5.75 Å². The molecule has 0 radical (unpaired) electrons. The van der Waals surface area contributed by atoms with Crippen LogP contribution in [0.2, 0.25) is 0 Å². The fourth-order valence-corrected chi connectivity index (χ4v) is 2.82. The van der Waals surface area contributed by atoms with Crippen LogP contribution in [0.1, 0.15) is 23.2 Å². The van der Waals surface area contributed by atoms with Crippen molar-refractivity contribution in [1.29, 1.82) is 0 Å². The van der Waals surface area contributed by atoms with E-state index in [1.807, 2.05) is 31.2 Å². The summed E-state index contributed by atoms with van der Waals surface area (Å²) in [6.07, 6.45) is 0.892. The summed E-state index contributed by atoms with van der Waals surface area (Å²) in [5.74, 6) is 1.68. The van der Waals surface area contributed by atoms with E-state index in [9.17, 15) is 0 Å². The van der Waals surface area contributed by atoms with E-state index in [0.717, 1.165) is 47.5 Å². The molecule has 0 saturated carbocycles. The number of nitrogens with zero attached hydrogens (tertiary/aromatic N) is 2. The number of ether oxygens (including phenoxy) is 1. The first kappa shape index (κ1) is 17.3. The molecule has 1 heterocycles. The number of hydrogen-bond acceptors (Lipinski definition) is 4. The van der Waals surface area contributed by atoms with Gasteiger partial charge in [-0.05, 0) is 19.9 Å². The van der Waals surface area contributed by atoms with E-state index in [0.29, 0.717) is 6.54 Å². The first-order valence-electron chi connectivity index (χ1n) is 7.78. The molecule has 0 bridgehead atoms. The molecule has 5 nitrogen and oxygen atoms in total. The summed E-state index contributed by atoms with van der Waals surface area (Å²) in [7, 11) is 1.68. The average Bonchev–Trinajstić information content (AvgIpc) is 2.98. The minimum atomic E-state index is 0.579. The zero-order valence-corrected chi connectivity index (χ0v) is 14.7. The number of para-hydroxylation sites is 1. The molecule has 0 spiro atoms. The normalized spacial score (nSPS) is 11.3. The number of aromatic nitrogens is 1. The Hall–Kier alpha value is -2.08. The lowest BCUT2D eigenvalue weighted by Gasteiger charge is -2.11. The van der Waals surface area contributed by atoms with Crippen LogP contribution >= 0.6 is 11.3 Å². The van der Waals surface area contributed by atoms with Crippen LogP contribution in [0.15, 0.2) is 34.6 Å². The molecule has 6 heteroatoms. The molecular formula is C17H24N4OS. The molecule has 0 aliphatic rings. The number of methoxy groups -OCH3 is 1. The van der Waals surface area contributed by atoms with Crippen LogP contribution in [0.4, 0.5) is 0 Å². The van der Waals surface area contributed by atoms with E-state index in [-0.39, 0.29) is 0 Å². The number of aliphatic imine (C=N–C) groups is 1. The number of thiazole rings is 1. The average molecular weight is 332 g/mol. The second-order valence-corrected chi connectivity index (χ2v) is 6.10. The van der Waals surface area contributed by atoms with Crippen molar-refractivity contribution in [3.63, 3.8) is 0 Å². The Morgan fingerprint density at radius 1 is 1.30 bits per heavy atom. The smallest absolute Gasteiger partial charge is 0.191 e. The molecule has 23 heavy (non-hydrogen) atoms. The highest BCUT2D eigenvalue weighted by Gasteiger charge is 2.03. The van der Waals surface area contributed by atoms with Crippen molar-refractivity contribution < 1.29 is 4.74 Å². The zero-order chi connectivity index (χ0) is 16.5. The highest BCUT2D eigenvalue weighted by Crippen LogP contribution is 2.17. The lowest BCUT2D eigenvalue weighted by molar-refractivity contribution is 0.410. The zero-order valence-electron chi connectivity index (χ0n) is 13.9. The Bertz CT molecular complexity index is 639. The maximum atomic E-state index is 5.36. The van der Waals surface area contributed by atoms with Crippen LogP contribution in [0.5, 0.6) is 5.75 Å². The summed E-state index contributed by atoms with van der Waals surface area (Å²) in [6.45, 7) is 6.30. The quantitative estimate of drug-likeness (QED) is 0.605. The standard InChI is InChI=1S/C17H24N4OS/c1-4-18-17(19-10-9-15-12-23-13(2)21-15)20-11-14-7-5-6-8-16(14)22-3/h5-8,12H,4,9-11H2,1-3H3,(H2,18,19,20). The van der Waals surface area contributed by atoms with Crippen LogP contribution in [0.25, 0.3) is 0 Å². The Kier molecular flexibility index (Phi) is 6.87. The monoisotopic (exact) mass is 332 g/mol. The van der Waals surface area contributed by atoms with Gasteiger partial charge >= 0.3 is 0 Å². The Morgan fingerprint density at radius 2 is 2.13 bits per heavy atom. The van der Waals surface area contributed by atoms with Crippen molar-refractivity contribution in [2.24, 2.45) is 4.99 Å². The van der Waals surface area contributed by atoms with Crippen LogP contribution in [-0.4, -0.2) is 31.1 Å². The molecule has 2 aromatic rings. The molecule has 124 valence electrons. The number of guanidine groups is 1. The van der Waals surface area contributed by atoms with Gasteiger partial charge < -0.3 is 15.4 Å². The molecule has 1 aromatic carbocycles. The van der Waals surface area contributed by atoms with Gasteiger partial charge in [-0.1, -0.05) is 18.2 Å².